The van der Waals surface area contributed by atoms with Gasteiger partial charge in [-0.1, -0.05) is 189 Å². The van der Waals surface area contributed by atoms with Gasteiger partial charge in [0.05, 0.1) is 27.7 Å². The van der Waals surface area contributed by atoms with Crippen LogP contribution in [0.25, 0.3) is 0 Å². The lowest BCUT2D eigenvalue weighted by molar-refractivity contribution is -0.870. The maximum absolute atomic E-state index is 12.7. The number of carbonyl (C=O) groups excluding carboxylic acids is 2. The van der Waals surface area contributed by atoms with Crippen LogP contribution in [-0.4, -0.2) is 70.0 Å². The second kappa shape index (κ2) is 41.8. The first-order valence-electron chi connectivity index (χ1n) is 23.6. The van der Waals surface area contributed by atoms with Crippen molar-refractivity contribution in [2.45, 2.75) is 187 Å². The van der Waals surface area contributed by atoms with Crippen LogP contribution in [0.1, 0.15) is 181 Å². The quantitative estimate of drug-likeness (QED) is 0.0196. The monoisotopic (exact) mass is 862 g/mol. The van der Waals surface area contributed by atoms with E-state index in [2.05, 4.69) is 74.6 Å². The van der Waals surface area contributed by atoms with Crippen LogP contribution in [0, 0.1) is 0 Å². The second-order valence-electron chi connectivity index (χ2n) is 16.7. The highest BCUT2D eigenvalue weighted by molar-refractivity contribution is 7.45. The molecule has 0 rings (SSSR count). The van der Waals surface area contributed by atoms with Crippen molar-refractivity contribution in [3.05, 3.63) is 72.9 Å². The van der Waals surface area contributed by atoms with Gasteiger partial charge in [-0.25, -0.2) is 0 Å². The fourth-order valence-corrected chi connectivity index (χ4v) is 6.82. The number of rotatable bonds is 42. The molecule has 2 unspecified atom stereocenters. The molecule has 0 bridgehead atoms. The Hall–Kier alpha value is -2.55. The second-order valence-corrected chi connectivity index (χ2v) is 18.2. The summed E-state index contributed by atoms with van der Waals surface area (Å²) in [5.74, 6) is -0.932. The van der Waals surface area contributed by atoms with Gasteiger partial charge in [0.2, 0.25) is 0 Å². The third-order valence-corrected chi connectivity index (χ3v) is 10.7. The van der Waals surface area contributed by atoms with Crippen molar-refractivity contribution in [1.82, 2.24) is 0 Å². The molecule has 0 aromatic heterocycles. The zero-order valence-corrected chi connectivity index (χ0v) is 39.8. The summed E-state index contributed by atoms with van der Waals surface area (Å²) in [6.45, 7) is 4.03. The molecule has 0 aromatic rings. The van der Waals surface area contributed by atoms with Crippen LogP contribution >= 0.6 is 7.82 Å². The summed E-state index contributed by atoms with van der Waals surface area (Å²) in [6, 6.07) is 0. The molecule has 0 amide bonds. The number of phosphoric ester groups is 1. The highest BCUT2D eigenvalue weighted by Gasteiger charge is 2.21. The zero-order chi connectivity index (χ0) is 44.3. The molecule has 10 heteroatoms. The highest BCUT2D eigenvalue weighted by atomic mass is 31.2. The summed E-state index contributed by atoms with van der Waals surface area (Å²) in [5.41, 5.74) is 0. The van der Waals surface area contributed by atoms with E-state index < -0.39 is 32.5 Å². The predicted molar refractivity (Wildman–Crippen MR) is 249 cm³/mol. The van der Waals surface area contributed by atoms with Gasteiger partial charge >= 0.3 is 11.9 Å². The van der Waals surface area contributed by atoms with Crippen LogP contribution in [0.4, 0.5) is 0 Å². The van der Waals surface area contributed by atoms with Gasteiger partial charge in [0, 0.05) is 12.8 Å². The maximum Gasteiger partial charge on any atom is 0.306 e. The van der Waals surface area contributed by atoms with Gasteiger partial charge in [0.15, 0.2) is 6.10 Å². The molecule has 0 saturated heterocycles. The zero-order valence-electron chi connectivity index (χ0n) is 38.9. The number of quaternary nitrogens is 1. The molecule has 0 N–H and O–H groups in total. The molecule has 0 aliphatic heterocycles. The molecule has 60 heavy (non-hydrogen) atoms. The van der Waals surface area contributed by atoms with Crippen LogP contribution in [0.2, 0.25) is 0 Å². The molecule has 0 aliphatic carbocycles. The minimum absolute atomic E-state index is 0.0466. The number of carbonyl (C=O) groups is 2. The van der Waals surface area contributed by atoms with Gasteiger partial charge in [-0.15, -0.1) is 0 Å². The molecular formula is C50H88NO8P. The molecular weight excluding hydrogens is 774 g/mol. The van der Waals surface area contributed by atoms with Gasteiger partial charge in [-0.2, -0.15) is 0 Å². The number of hydrogen-bond acceptors (Lipinski definition) is 8. The first kappa shape index (κ1) is 57.4. The van der Waals surface area contributed by atoms with E-state index in [1.165, 1.54) is 89.9 Å². The fourth-order valence-electron chi connectivity index (χ4n) is 6.09. The molecule has 0 aliphatic rings. The summed E-state index contributed by atoms with van der Waals surface area (Å²) in [7, 11) is 1.11. The van der Waals surface area contributed by atoms with E-state index in [1.54, 1.807) is 0 Å². The van der Waals surface area contributed by atoms with Crippen LogP contribution in [0.3, 0.4) is 0 Å². The SMILES string of the molecule is CC/C=C\C/C=C\C/C=C\C/C=C\C/C=C\C/C=C\CCC(=O)OC(COC(=O)CCCCCCCCCCCCCCCCCCC)COP(=O)([O-])OCC[N+](C)(C)C. The summed E-state index contributed by atoms with van der Waals surface area (Å²) in [6.07, 6.45) is 52.3. The number of nitrogens with zero attached hydrogens (tertiary/aromatic N) is 1. The van der Waals surface area contributed by atoms with E-state index in [0.29, 0.717) is 17.4 Å². The van der Waals surface area contributed by atoms with Crippen molar-refractivity contribution in [3.8, 4) is 0 Å². The lowest BCUT2D eigenvalue weighted by Crippen LogP contribution is -2.37. The van der Waals surface area contributed by atoms with Crippen molar-refractivity contribution in [2.24, 2.45) is 0 Å². The smallest absolute Gasteiger partial charge is 0.306 e. The first-order valence-corrected chi connectivity index (χ1v) is 25.1. The molecule has 346 valence electrons. The number of esters is 2. The average Bonchev–Trinajstić information content (AvgIpc) is 3.20. The summed E-state index contributed by atoms with van der Waals surface area (Å²) in [5, 5.41) is 0. The number of phosphoric acid groups is 1. The van der Waals surface area contributed by atoms with E-state index >= 15 is 0 Å². The largest absolute Gasteiger partial charge is 0.756 e. The Bertz CT molecular complexity index is 1250. The summed E-state index contributed by atoms with van der Waals surface area (Å²) < 4.78 is 33.9. The standard InChI is InChI=1S/C50H88NO8P/c1-6-8-10-12-14-16-18-20-22-24-25-27-29-31-33-35-37-39-41-43-50(53)59-48(47-58-60(54,55)57-45-44-51(3,4)5)46-56-49(52)42-40-38-36-34-32-30-28-26-23-21-19-17-15-13-11-9-7-2/h8,10,14,16,20,22,25,27,31,33,37,39,48H,6-7,9,11-13,15,17-19,21,23-24,26,28-30,32,34-36,38,40-47H2,1-5H3/b10-8-,16-14-,22-20-,27-25-,33-31-,39-37-. The normalized spacial score (nSPS) is 14.2. The van der Waals surface area contributed by atoms with E-state index in [9.17, 15) is 19.0 Å². The van der Waals surface area contributed by atoms with Crippen LogP contribution in [-0.2, 0) is 32.7 Å². The average molecular weight is 862 g/mol. The van der Waals surface area contributed by atoms with Crippen molar-refractivity contribution < 1.29 is 42.1 Å². The molecule has 0 spiro atoms. The number of hydrogen-bond donors (Lipinski definition) is 0. The fraction of sp³-hybridized carbons (Fsp3) is 0.720. The topological polar surface area (TPSA) is 111 Å². The Kier molecular flexibility index (Phi) is 40.0. The Labute approximate surface area is 368 Å². The van der Waals surface area contributed by atoms with Gasteiger partial charge < -0.3 is 27.9 Å². The predicted octanol–water partition coefficient (Wildman–Crippen LogP) is 13.2. The molecule has 0 fully saturated rings. The number of unbranched alkanes of at least 4 members (excludes halogenated alkanes) is 16. The molecule has 0 saturated carbocycles. The van der Waals surface area contributed by atoms with E-state index in [1.807, 2.05) is 33.3 Å². The lowest BCUT2D eigenvalue weighted by atomic mass is 10.0. The van der Waals surface area contributed by atoms with Crippen molar-refractivity contribution in [1.29, 1.82) is 0 Å². The van der Waals surface area contributed by atoms with E-state index in [-0.39, 0.29) is 26.1 Å². The van der Waals surface area contributed by atoms with Gasteiger partial charge in [-0.3, -0.25) is 14.2 Å². The minimum atomic E-state index is -4.65. The summed E-state index contributed by atoms with van der Waals surface area (Å²) in [4.78, 5) is 37.6. The third-order valence-electron chi connectivity index (χ3n) is 9.75. The molecule has 0 radical (unpaired) electrons. The Balaban J connectivity index is 4.44. The number of ether oxygens (including phenoxy) is 2. The molecule has 0 heterocycles. The number of likely N-dealkylation sites (N-methyl/N-ethyl adjacent to an activating group) is 1. The lowest BCUT2D eigenvalue weighted by Gasteiger charge is -2.28. The van der Waals surface area contributed by atoms with E-state index in [4.69, 9.17) is 18.5 Å². The minimum Gasteiger partial charge on any atom is -0.756 e. The van der Waals surface area contributed by atoms with Crippen molar-refractivity contribution >= 4 is 19.8 Å². The van der Waals surface area contributed by atoms with Crippen molar-refractivity contribution in [3.63, 3.8) is 0 Å². The molecule has 2 atom stereocenters. The van der Waals surface area contributed by atoms with Crippen LogP contribution in [0.15, 0.2) is 72.9 Å². The van der Waals surface area contributed by atoms with E-state index in [0.717, 1.165) is 57.8 Å². The third kappa shape index (κ3) is 45.0. The summed E-state index contributed by atoms with van der Waals surface area (Å²) >= 11 is 0. The molecule has 0 aromatic carbocycles. The Morgan fingerprint density at radius 3 is 1.38 bits per heavy atom. The molecule has 9 nitrogen and oxygen atoms in total. The Morgan fingerprint density at radius 1 is 0.533 bits per heavy atom. The van der Waals surface area contributed by atoms with Gasteiger partial charge in [-0.05, 0) is 51.4 Å². The van der Waals surface area contributed by atoms with Crippen LogP contribution < -0.4 is 4.89 Å². The highest BCUT2D eigenvalue weighted by Crippen LogP contribution is 2.38. The van der Waals surface area contributed by atoms with Gasteiger partial charge in [0.25, 0.3) is 7.82 Å². The first-order chi connectivity index (χ1) is 29.0. The van der Waals surface area contributed by atoms with Gasteiger partial charge in [0.1, 0.15) is 19.8 Å². The van der Waals surface area contributed by atoms with Crippen molar-refractivity contribution in [2.75, 3.05) is 47.5 Å². The maximum atomic E-state index is 12.7. The Morgan fingerprint density at radius 2 is 0.950 bits per heavy atom. The number of allylic oxidation sites excluding steroid dienone is 12. The van der Waals surface area contributed by atoms with Crippen LogP contribution in [0.5, 0.6) is 0 Å².